The van der Waals surface area contributed by atoms with Gasteiger partial charge in [-0.05, 0) is 68.8 Å². The molecule has 4 aromatic rings. The molecule has 1 aliphatic rings. The lowest BCUT2D eigenvalue weighted by atomic mass is 10.1. The van der Waals surface area contributed by atoms with Crippen molar-refractivity contribution < 1.29 is 14.6 Å². The molecule has 0 radical (unpaired) electrons. The van der Waals surface area contributed by atoms with E-state index in [1.165, 1.54) is 0 Å². The summed E-state index contributed by atoms with van der Waals surface area (Å²) < 4.78 is 5.50. The number of benzene rings is 2. The molecule has 2 aromatic carbocycles. The number of amides is 1. The standard InChI is InChI=1S/C29H30Cl2N6O3/c1-29(2,3)40-28(39)37-13-11-36(12-14-37)21-9-7-19(8-10-21)33-26-25-18(17-32-35-27(25)38)15-20(34-26)16-22-23(30)5-4-6-24(22)31/h4-10,15,17H,11-14,16H2,1-3H3,(H,33,34)(H,35,38). The van der Waals surface area contributed by atoms with E-state index in [0.717, 1.165) is 16.9 Å². The molecule has 1 fully saturated rings. The van der Waals surface area contributed by atoms with E-state index in [4.69, 9.17) is 32.9 Å². The van der Waals surface area contributed by atoms with Gasteiger partial charge in [-0.1, -0.05) is 29.3 Å². The zero-order valence-electron chi connectivity index (χ0n) is 22.5. The van der Waals surface area contributed by atoms with E-state index >= 15 is 0 Å². The molecule has 5 rings (SSSR count). The number of ether oxygens (including phenoxy) is 1. The smallest absolute Gasteiger partial charge is 0.410 e. The summed E-state index contributed by atoms with van der Waals surface area (Å²) in [7, 11) is 0. The Kier molecular flexibility index (Phi) is 7.87. The summed E-state index contributed by atoms with van der Waals surface area (Å²) in [6.45, 7) is 8.20. The van der Waals surface area contributed by atoms with Crippen LogP contribution in [0, 0.1) is 0 Å². The van der Waals surface area contributed by atoms with Crippen LogP contribution in [0.25, 0.3) is 10.8 Å². The van der Waals surface area contributed by atoms with Gasteiger partial charge in [0.25, 0.3) is 0 Å². The normalized spacial score (nSPS) is 13.9. The van der Waals surface area contributed by atoms with Crippen LogP contribution in [0.2, 0.25) is 10.0 Å². The number of pyridine rings is 1. The molecule has 0 bridgehead atoms. The zero-order chi connectivity index (χ0) is 28.4. The summed E-state index contributed by atoms with van der Waals surface area (Å²) in [6.07, 6.45) is 1.71. The topological polar surface area (TPSA) is 104 Å². The maximum absolute atomic E-state index is 12.4. The molecule has 0 atom stereocenters. The minimum absolute atomic E-state index is 0.214. The fourth-order valence-corrected chi connectivity index (χ4v) is 5.11. The van der Waals surface area contributed by atoms with Crippen LogP contribution in [-0.4, -0.2) is 63.1 Å². The van der Waals surface area contributed by atoms with Gasteiger partial charge in [0.15, 0.2) is 0 Å². The number of nitrogens with one attached hydrogen (secondary N) is 1. The molecule has 0 saturated carbocycles. The van der Waals surface area contributed by atoms with Crippen LogP contribution in [-0.2, 0) is 11.2 Å². The molecule has 1 amide bonds. The van der Waals surface area contributed by atoms with Crippen molar-refractivity contribution in [1.29, 1.82) is 0 Å². The quantitative estimate of drug-likeness (QED) is 0.278. The Labute approximate surface area is 242 Å². The van der Waals surface area contributed by atoms with Gasteiger partial charge in [0.05, 0.1) is 11.6 Å². The highest BCUT2D eigenvalue weighted by molar-refractivity contribution is 6.36. The number of fused-ring (bicyclic) bond motifs is 1. The van der Waals surface area contributed by atoms with Gasteiger partial charge in [-0.15, -0.1) is 5.10 Å². The Morgan fingerprint density at radius 1 is 1.05 bits per heavy atom. The van der Waals surface area contributed by atoms with Crippen LogP contribution in [0.5, 0.6) is 5.88 Å². The second-order valence-corrected chi connectivity index (χ2v) is 11.4. The van der Waals surface area contributed by atoms with E-state index in [-0.39, 0.29) is 12.0 Å². The number of rotatable bonds is 5. The first-order valence-electron chi connectivity index (χ1n) is 12.9. The molecule has 11 heteroatoms. The Balaban J connectivity index is 1.33. The molecule has 0 aliphatic carbocycles. The average molecular weight is 582 g/mol. The van der Waals surface area contributed by atoms with Crippen molar-refractivity contribution in [2.75, 3.05) is 36.4 Å². The van der Waals surface area contributed by atoms with E-state index < -0.39 is 5.60 Å². The Bertz CT molecular complexity index is 1510. The average Bonchev–Trinajstić information content (AvgIpc) is 2.90. The van der Waals surface area contributed by atoms with E-state index in [9.17, 15) is 9.90 Å². The van der Waals surface area contributed by atoms with E-state index in [1.54, 1.807) is 29.3 Å². The van der Waals surface area contributed by atoms with Crippen molar-refractivity contribution in [3.8, 4) is 5.88 Å². The van der Waals surface area contributed by atoms with Crippen LogP contribution in [0.4, 0.5) is 22.0 Å². The molecular weight excluding hydrogens is 551 g/mol. The predicted molar refractivity (Wildman–Crippen MR) is 158 cm³/mol. The van der Waals surface area contributed by atoms with E-state index in [2.05, 4.69) is 20.4 Å². The van der Waals surface area contributed by atoms with Crippen LogP contribution < -0.4 is 10.2 Å². The van der Waals surface area contributed by atoms with Crippen molar-refractivity contribution >= 4 is 57.3 Å². The minimum Gasteiger partial charge on any atom is -0.492 e. The summed E-state index contributed by atoms with van der Waals surface area (Å²) in [4.78, 5) is 21.1. The number of aromatic nitrogens is 3. The highest BCUT2D eigenvalue weighted by atomic mass is 35.5. The van der Waals surface area contributed by atoms with Gasteiger partial charge in [0.2, 0.25) is 5.88 Å². The van der Waals surface area contributed by atoms with Crippen LogP contribution in [0.15, 0.2) is 54.7 Å². The van der Waals surface area contributed by atoms with Gasteiger partial charge in [0, 0.05) is 65.1 Å². The Morgan fingerprint density at radius 2 is 1.73 bits per heavy atom. The number of anilines is 3. The third kappa shape index (κ3) is 6.32. The third-order valence-electron chi connectivity index (χ3n) is 6.52. The monoisotopic (exact) mass is 580 g/mol. The summed E-state index contributed by atoms with van der Waals surface area (Å²) in [5.41, 5.74) is 2.79. The molecule has 3 heterocycles. The fourth-order valence-electron chi connectivity index (χ4n) is 4.58. The second-order valence-electron chi connectivity index (χ2n) is 10.6. The fraction of sp³-hybridized carbons (Fsp3) is 0.310. The van der Waals surface area contributed by atoms with Crippen molar-refractivity contribution in [3.05, 3.63) is 76.0 Å². The number of piperazine rings is 1. The van der Waals surface area contributed by atoms with E-state index in [0.29, 0.717) is 64.9 Å². The summed E-state index contributed by atoms with van der Waals surface area (Å²) in [6, 6.07) is 15.2. The summed E-state index contributed by atoms with van der Waals surface area (Å²) in [5, 5.41) is 23.8. The van der Waals surface area contributed by atoms with Gasteiger partial charge in [-0.25, -0.2) is 9.78 Å². The Morgan fingerprint density at radius 3 is 2.38 bits per heavy atom. The van der Waals surface area contributed by atoms with Gasteiger partial charge in [0.1, 0.15) is 11.4 Å². The molecule has 0 spiro atoms. The first kappa shape index (κ1) is 27.7. The third-order valence-corrected chi connectivity index (χ3v) is 7.23. The van der Waals surface area contributed by atoms with Crippen molar-refractivity contribution in [2.24, 2.45) is 0 Å². The molecule has 0 unspecified atom stereocenters. The van der Waals surface area contributed by atoms with Crippen LogP contribution in [0.3, 0.4) is 0 Å². The number of halogens is 2. The van der Waals surface area contributed by atoms with Gasteiger partial charge in [-0.2, -0.15) is 5.10 Å². The molecule has 2 aromatic heterocycles. The molecular formula is C29H30Cl2N6O3. The number of hydrogen-bond donors (Lipinski definition) is 2. The molecule has 1 saturated heterocycles. The van der Waals surface area contributed by atoms with Crippen LogP contribution in [0.1, 0.15) is 32.0 Å². The second kappa shape index (κ2) is 11.3. The van der Waals surface area contributed by atoms with Crippen molar-refractivity contribution in [2.45, 2.75) is 32.8 Å². The number of carbonyl (C=O) groups is 1. The minimum atomic E-state index is -0.512. The van der Waals surface area contributed by atoms with Crippen LogP contribution >= 0.6 is 23.2 Å². The number of carbonyl (C=O) groups excluding carboxylic acids is 1. The zero-order valence-corrected chi connectivity index (χ0v) is 24.0. The molecule has 9 nitrogen and oxygen atoms in total. The first-order chi connectivity index (χ1) is 19.1. The molecule has 2 N–H and O–H groups in total. The molecule has 1 aliphatic heterocycles. The lowest BCUT2D eigenvalue weighted by molar-refractivity contribution is 0.0240. The lowest BCUT2D eigenvalue weighted by Crippen LogP contribution is -2.50. The van der Waals surface area contributed by atoms with Gasteiger partial charge < -0.3 is 25.0 Å². The van der Waals surface area contributed by atoms with Crippen molar-refractivity contribution in [3.63, 3.8) is 0 Å². The maximum atomic E-state index is 12.4. The maximum Gasteiger partial charge on any atom is 0.410 e. The first-order valence-corrected chi connectivity index (χ1v) is 13.7. The predicted octanol–water partition coefficient (Wildman–Crippen LogP) is 6.43. The molecule has 208 valence electrons. The van der Waals surface area contributed by atoms with Crippen molar-refractivity contribution in [1.82, 2.24) is 20.1 Å². The highest BCUT2D eigenvalue weighted by Crippen LogP contribution is 2.33. The summed E-state index contributed by atoms with van der Waals surface area (Å²) in [5.74, 6) is 0.233. The number of aromatic hydroxyl groups is 1. The SMILES string of the molecule is CC(C)(C)OC(=O)N1CCN(c2ccc(Nc3nc(Cc4c(Cl)cccc4Cl)cc4cnnc(O)c34)cc2)CC1. The van der Waals surface area contributed by atoms with Gasteiger partial charge in [-0.3, -0.25) is 0 Å². The lowest BCUT2D eigenvalue weighted by Gasteiger charge is -2.36. The summed E-state index contributed by atoms with van der Waals surface area (Å²) >= 11 is 12.8. The highest BCUT2D eigenvalue weighted by Gasteiger charge is 2.26. The van der Waals surface area contributed by atoms with Gasteiger partial charge >= 0.3 is 6.09 Å². The number of hydrogen-bond acceptors (Lipinski definition) is 8. The Hall–Kier alpha value is -3.82. The largest absolute Gasteiger partial charge is 0.492 e. The number of nitrogens with zero attached hydrogens (tertiary/aromatic N) is 5. The molecule has 40 heavy (non-hydrogen) atoms. The van der Waals surface area contributed by atoms with E-state index in [1.807, 2.05) is 51.1 Å².